The van der Waals surface area contributed by atoms with Gasteiger partial charge in [0.25, 0.3) is 5.91 Å². The van der Waals surface area contributed by atoms with Crippen LogP contribution in [-0.2, 0) is 11.3 Å². The summed E-state index contributed by atoms with van der Waals surface area (Å²) in [6.07, 6.45) is 1.59. The first-order valence-corrected chi connectivity index (χ1v) is 7.74. The maximum atomic E-state index is 12.0. The van der Waals surface area contributed by atoms with Crippen LogP contribution < -0.4 is 15.4 Å². The van der Waals surface area contributed by atoms with Gasteiger partial charge in [-0.05, 0) is 24.3 Å². The summed E-state index contributed by atoms with van der Waals surface area (Å²) in [7, 11) is 1.55. The van der Waals surface area contributed by atoms with Crippen LogP contribution in [0.4, 0.5) is 0 Å². The summed E-state index contributed by atoms with van der Waals surface area (Å²) in [6.45, 7) is 0.0372. The van der Waals surface area contributed by atoms with Crippen molar-refractivity contribution in [2.75, 3.05) is 13.7 Å². The molecule has 0 fully saturated rings. The summed E-state index contributed by atoms with van der Waals surface area (Å²) in [5.41, 5.74) is 0.860. The number of ether oxygens (including phenoxy) is 1. The van der Waals surface area contributed by atoms with E-state index in [1.54, 1.807) is 31.5 Å². The van der Waals surface area contributed by atoms with Crippen LogP contribution in [0, 0.1) is 0 Å². The number of hydrogen-bond donors (Lipinski definition) is 2. The van der Waals surface area contributed by atoms with Gasteiger partial charge >= 0.3 is 0 Å². The largest absolute Gasteiger partial charge is 0.497 e. The molecule has 24 heavy (non-hydrogen) atoms. The molecule has 1 heterocycles. The lowest BCUT2D eigenvalue weighted by atomic mass is 10.2. The van der Waals surface area contributed by atoms with E-state index in [9.17, 15) is 9.59 Å². The molecular formula is C16H15Cl2N3O3. The zero-order valence-electron chi connectivity index (χ0n) is 12.8. The average Bonchev–Trinajstić information content (AvgIpc) is 2.60. The van der Waals surface area contributed by atoms with Crippen LogP contribution in [0.15, 0.2) is 36.5 Å². The summed E-state index contributed by atoms with van der Waals surface area (Å²) in [6, 6.07) is 7.96. The lowest BCUT2D eigenvalue weighted by Crippen LogP contribution is -2.36. The van der Waals surface area contributed by atoms with E-state index >= 15 is 0 Å². The molecule has 0 atom stereocenters. The van der Waals surface area contributed by atoms with E-state index in [1.807, 2.05) is 0 Å². The summed E-state index contributed by atoms with van der Waals surface area (Å²) in [5, 5.41) is 5.79. The number of methoxy groups -OCH3 is 1. The van der Waals surface area contributed by atoms with Crippen molar-refractivity contribution in [2.45, 2.75) is 6.54 Å². The second-order valence-corrected chi connectivity index (χ2v) is 5.61. The van der Waals surface area contributed by atoms with Crippen molar-refractivity contribution >= 4 is 35.0 Å². The standard InChI is InChI=1S/C16H15Cl2N3O3/c1-24-12-4-5-19-11(7-12)8-20-15(22)9-21-16(23)13-6-10(17)2-3-14(13)18/h2-7H,8-9H2,1H3,(H,20,22)(H,21,23). The molecule has 6 nitrogen and oxygen atoms in total. The van der Waals surface area contributed by atoms with Gasteiger partial charge in [0, 0.05) is 17.3 Å². The molecule has 2 amide bonds. The molecule has 0 saturated carbocycles. The minimum absolute atomic E-state index is 0.189. The van der Waals surface area contributed by atoms with Gasteiger partial charge < -0.3 is 15.4 Å². The van der Waals surface area contributed by atoms with E-state index in [1.165, 1.54) is 12.1 Å². The number of benzene rings is 1. The Morgan fingerprint density at radius 1 is 1.17 bits per heavy atom. The highest BCUT2D eigenvalue weighted by Crippen LogP contribution is 2.20. The second-order valence-electron chi connectivity index (χ2n) is 4.77. The number of carbonyl (C=O) groups is 2. The minimum atomic E-state index is -0.475. The summed E-state index contributed by atoms with van der Waals surface area (Å²) in [4.78, 5) is 27.9. The van der Waals surface area contributed by atoms with Gasteiger partial charge in [0.15, 0.2) is 0 Å². The van der Waals surface area contributed by atoms with Crippen molar-refractivity contribution in [3.8, 4) is 5.75 Å². The third kappa shape index (κ3) is 5.11. The number of nitrogens with one attached hydrogen (secondary N) is 2. The smallest absolute Gasteiger partial charge is 0.253 e. The van der Waals surface area contributed by atoms with Crippen LogP contribution in [0.5, 0.6) is 5.75 Å². The van der Waals surface area contributed by atoms with Gasteiger partial charge in [0.1, 0.15) is 5.75 Å². The summed E-state index contributed by atoms with van der Waals surface area (Å²) in [5.74, 6) is -0.179. The Morgan fingerprint density at radius 3 is 2.71 bits per heavy atom. The topological polar surface area (TPSA) is 80.3 Å². The van der Waals surface area contributed by atoms with Gasteiger partial charge in [0.2, 0.25) is 5.91 Å². The van der Waals surface area contributed by atoms with Gasteiger partial charge in [-0.15, -0.1) is 0 Å². The minimum Gasteiger partial charge on any atom is -0.497 e. The van der Waals surface area contributed by atoms with Crippen molar-refractivity contribution in [1.29, 1.82) is 0 Å². The number of amides is 2. The number of pyridine rings is 1. The maximum Gasteiger partial charge on any atom is 0.253 e. The van der Waals surface area contributed by atoms with Crippen LogP contribution in [0.1, 0.15) is 16.1 Å². The molecule has 0 saturated heterocycles. The lowest BCUT2D eigenvalue weighted by Gasteiger charge is -2.08. The van der Waals surface area contributed by atoms with Crippen LogP contribution >= 0.6 is 23.2 Å². The lowest BCUT2D eigenvalue weighted by molar-refractivity contribution is -0.120. The quantitative estimate of drug-likeness (QED) is 0.821. The Bertz CT molecular complexity index is 753. The number of aromatic nitrogens is 1. The molecule has 1 aromatic heterocycles. The van der Waals surface area contributed by atoms with E-state index in [2.05, 4.69) is 15.6 Å². The van der Waals surface area contributed by atoms with Gasteiger partial charge in [-0.3, -0.25) is 14.6 Å². The van der Waals surface area contributed by atoms with Gasteiger partial charge in [-0.25, -0.2) is 0 Å². The first-order valence-electron chi connectivity index (χ1n) is 6.98. The van der Waals surface area contributed by atoms with Gasteiger partial charge in [0.05, 0.1) is 36.5 Å². The third-order valence-corrected chi connectivity index (χ3v) is 3.64. The number of carbonyl (C=O) groups excluding carboxylic acids is 2. The first-order chi connectivity index (χ1) is 11.5. The Kier molecular flexibility index (Phi) is 6.40. The molecular weight excluding hydrogens is 353 g/mol. The molecule has 1 aromatic carbocycles. The molecule has 0 aliphatic rings. The molecule has 0 unspecified atom stereocenters. The van der Waals surface area contributed by atoms with Crippen molar-refractivity contribution < 1.29 is 14.3 Å². The number of hydrogen-bond acceptors (Lipinski definition) is 4. The van der Waals surface area contributed by atoms with Gasteiger partial charge in [-0.1, -0.05) is 23.2 Å². The molecule has 2 aromatic rings. The number of halogens is 2. The normalized spacial score (nSPS) is 10.1. The Balaban J connectivity index is 1.84. The van der Waals surface area contributed by atoms with Crippen molar-refractivity contribution in [1.82, 2.24) is 15.6 Å². The Labute approximate surface area is 149 Å². The first kappa shape index (κ1) is 18.0. The fourth-order valence-electron chi connectivity index (χ4n) is 1.86. The van der Waals surface area contributed by atoms with E-state index in [4.69, 9.17) is 27.9 Å². The zero-order valence-corrected chi connectivity index (χ0v) is 14.3. The Hall–Kier alpha value is -2.31. The van der Waals surface area contributed by atoms with Crippen molar-refractivity contribution in [3.63, 3.8) is 0 Å². The number of rotatable bonds is 6. The van der Waals surface area contributed by atoms with Crippen molar-refractivity contribution in [3.05, 3.63) is 57.8 Å². The number of nitrogens with zero attached hydrogens (tertiary/aromatic N) is 1. The predicted molar refractivity (Wildman–Crippen MR) is 91.4 cm³/mol. The van der Waals surface area contributed by atoms with E-state index in [0.29, 0.717) is 16.5 Å². The molecule has 8 heteroatoms. The molecule has 0 spiro atoms. The van der Waals surface area contributed by atoms with Crippen LogP contribution in [0.2, 0.25) is 10.0 Å². The summed E-state index contributed by atoms with van der Waals surface area (Å²) >= 11 is 11.8. The van der Waals surface area contributed by atoms with E-state index in [-0.39, 0.29) is 29.6 Å². The third-order valence-electron chi connectivity index (χ3n) is 3.07. The van der Waals surface area contributed by atoms with Gasteiger partial charge in [-0.2, -0.15) is 0 Å². The molecule has 2 N–H and O–H groups in total. The fraction of sp³-hybridized carbons (Fsp3) is 0.188. The highest BCUT2D eigenvalue weighted by atomic mass is 35.5. The average molecular weight is 368 g/mol. The fourth-order valence-corrected chi connectivity index (χ4v) is 2.23. The van der Waals surface area contributed by atoms with Crippen molar-refractivity contribution in [2.24, 2.45) is 0 Å². The summed E-state index contributed by atoms with van der Waals surface area (Å²) < 4.78 is 5.08. The molecule has 126 valence electrons. The maximum absolute atomic E-state index is 12.0. The zero-order chi connectivity index (χ0) is 17.5. The van der Waals surface area contributed by atoms with E-state index < -0.39 is 5.91 Å². The SMILES string of the molecule is COc1ccnc(CNC(=O)CNC(=O)c2cc(Cl)ccc2Cl)c1. The van der Waals surface area contributed by atoms with Crippen LogP contribution in [0.3, 0.4) is 0 Å². The Morgan fingerprint density at radius 2 is 1.96 bits per heavy atom. The predicted octanol–water partition coefficient (Wildman–Crippen LogP) is 2.44. The molecule has 0 bridgehead atoms. The molecule has 0 aliphatic heterocycles. The molecule has 2 rings (SSSR count). The molecule has 0 radical (unpaired) electrons. The highest BCUT2D eigenvalue weighted by Gasteiger charge is 2.12. The highest BCUT2D eigenvalue weighted by molar-refractivity contribution is 6.35. The monoisotopic (exact) mass is 367 g/mol. The molecule has 0 aliphatic carbocycles. The van der Waals surface area contributed by atoms with Crippen LogP contribution in [-0.4, -0.2) is 30.5 Å². The van der Waals surface area contributed by atoms with E-state index in [0.717, 1.165) is 0 Å². The van der Waals surface area contributed by atoms with Crippen LogP contribution in [0.25, 0.3) is 0 Å². The second kappa shape index (κ2) is 8.52.